The number of hydrogen-bond donors (Lipinski definition) is 2. The highest BCUT2D eigenvalue weighted by Gasteiger charge is 2.22. The molecule has 0 bridgehead atoms. The first kappa shape index (κ1) is 20.3. The van der Waals surface area contributed by atoms with Gasteiger partial charge in [-0.2, -0.15) is 5.10 Å². The molecule has 0 aliphatic rings. The molecule has 2 amide bonds. The zero-order chi connectivity index (χ0) is 21.2. The lowest BCUT2D eigenvalue weighted by Crippen LogP contribution is -2.22. The molecule has 0 radical (unpaired) electrons. The molecule has 1 aromatic heterocycles. The second kappa shape index (κ2) is 7.90. The van der Waals surface area contributed by atoms with E-state index in [0.29, 0.717) is 17.3 Å². The van der Waals surface area contributed by atoms with Crippen LogP contribution in [0.3, 0.4) is 0 Å². The summed E-state index contributed by atoms with van der Waals surface area (Å²) in [6.07, 6.45) is 0. The van der Waals surface area contributed by atoms with Gasteiger partial charge in [0.25, 0.3) is 0 Å². The number of benzene rings is 2. The van der Waals surface area contributed by atoms with Crippen LogP contribution in [0, 0.1) is 11.6 Å². The van der Waals surface area contributed by atoms with E-state index in [-0.39, 0.29) is 11.1 Å². The highest BCUT2D eigenvalue weighted by atomic mass is 19.2. The van der Waals surface area contributed by atoms with Crippen LogP contribution in [0.15, 0.2) is 48.5 Å². The first-order valence-electron chi connectivity index (χ1n) is 8.96. The molecule has 0 saturated carbocycles. The third kappa shape index (κ3) is 4.53. The average Bonchev–Trinajstić information content (AvgIpc) is 3.09. The van der Waals surface area contributed by atoms with E-state index in [1.165, 1.54) is 12.1 Å². The van der Waals surface area contributed by atoms with Gasteiger partial charge >= 0.3 is 6.03 Å². The molecule has 2 N–H and O–H groups in total. The van der Waals surface area contributed by atoms with Crippen molar-refractivity contribution in [2.24, 2.45) is 0 Å². The summed E-state index contributed by atoms with van der Waals surface area (Å²) in [5.74, 6) is -1.09. The third-order valence-corrected chi connectivity index (χ3v) is 4.24. The maximum atomic E-state index is 13.8. The Morgan fingerprint density at radius 1 is 1.07 bits per heavy atom. The van der Waals surface area contributed by atoms with E-state index in [1.54, 1.807) is 42.1 Å². The number of nitrogens with zero attached hydrogens (tertiary/aromatic N) is 2. The van der Waals surface area contributed by atoms with Gasteiger partial charge in [-0.3, -0.25) is 5.32 Å². The van der Waals surface area contributed by atoms with Gasteiger partial charge in [-0.25, -0.2) is 18.3 Å². The summed E-state index contributed by atoms with van der Waals surface area (Å²) >= 11 is 0. The monoisotopic (exact) mass is 400 g/mol. The zero-order valence-corrected chi connectivity index (χ0v) is 16.6. The quantitative estimate of drug-likeness (QED) is 0.640. The van der Waals surface area contributed by atoms with Gasteiger partial charge in [-0.05, 0) is 36.4 Å². The fraction of sp³-hybridized carbons (Fsp3) is 0.238. The SMILES string of the molecule is COc1ccc(-n2nc(C(C)(C)C)cc2NC(=O)Nc2cccc(F)c2F)cc1. The molecule has 1 heterocycles. The fourth-order valence-electron chi connectivity index (χ4n) is 2.63. The molecule has 0 saturated heterocycles. The summed E-state index contributed by atoms with van der Waals surface area (Å²) in [5, 5.41) is 9.57. The van der Waals surface area contributed by atoms with E-state index < -0.39 is 17.7 Å². The number of halogens is 2. The molecule has 0 unspecified atom stereocenters. The van der Waals surface area contributed by atoms with Crippen LogP contribution < -0.4 is 15.4 Å². The van der Waals surface area contributed by atoms with Gasteiger partial charge in [0, 0.05) is 11.5 Å². The van der Waals surface area contributed by atoms with Gasteiger partial charge < -0.3 is 10.1 Å². The maximum Gasteiger partial charge on any atom is 0.324 e. The van der Waals surface area contributed by atoms with Crippen LogP contribution in [-0.4, -0.2) is 22.9 Å². The first-order chi connectivity index (χ1) is 13.7. The molecule has 29 heavy (non-hydrogen) atoms. The summed E-state index contributed by atoms with van der Waals surface area (Å²) < 4.78 is 33.9. The second-order valence-electron chi connectivity index (χ2n) is 7.46. The highest BCUT2D eigenvalue weighted by Crippen LogP contribution is 2.27. The van der Waals surface area contributed by atoms with Crippen molar-refractivity contribution in [1.82, 2.24) is 9.78 Å². The number of urea groups is 1. The number of amides is 2. The molecule has 0 aliphatic heterocycles. The number of aromatic nitrogens is 2. The molecule has 152 valence electrons. The van der Waals surface area contributed by atoms with Crippen molar-refractivity contribution in [3.8, 4) is 11.4 Å². The van der Waals surface area contributed by atoms with Crippen molar-refractivity contribution < 1.29 is 18.3 Å². The number of methoxy groups -OCH3 is 1. The Bertz CT molecular complexity index is 1020. The van der Waals surface area contributed by atoms with E-state index >= 15 is 0 Å². The minimum Gasteiger partial charge on any atom is -0.497 e. The molecule has 3 rings (SSSR count). The molecule has 0 fully saturated rings. The van der Waals surface area contributed by atoms with Crippen LogP contribution in [0.2, 0.25) is 0 Å². The van der Waals surface area contributed by atoms with Crippen LogP contribution in [0.25, 0.3) is 5.69 Å². The first-order valence-corrected chi connectivity index (χ1v) is 8.96. The molecule has 3 aromatic rings. The van der Waals surface area contributed by atoms with Gasteiger partial charge in [0.15, 0.2) is 11.6 Å². The van der Waals surface area contributed by atoms with Crippen molar-refractivity contribution >= 4 is 17.5 Å². The van der Waals surface area contributed by atoms with Gasteiger partial charge in [-0.1, -0.05) is 26.8 Å². The Balaban J connectivity index is 1.91. The lowest BCUT2D eigenvalue weighted by Gasteiger charge is -2.14. The van der Waals surface area contributed by atoms with E-state index in [2.05, 4.69) is 15.7 Å². The molecular formula is C21H22F2N4O2. The summed E-state index contributed by atoms with van der Waals surface area (Å²) in [6, 6.07) is 11.7. The third-order valence-electron chi connectivity index (χ3n) is 4.24. The van der Waals surface area contributed by atoms with Gasteiger partial charge in [0.2, 0.25) is 0 Å². The van der Waals surface area contributed by atoms with Crippen LogP contribution in [-0.2, 0) is 5.41 Å². The van der Waals surface area contributed by atoms with Crippen molar-refractivity contribution in [3.63, 3.8) is 0 Å². The molecule has 0 spiro atoms. The van der Waals surface area contributed by atoms with Crippen molar-refractivity contribution in [2.75, 3.05) is 17.7 Å². The number of carbonyl (C=O) groups is 1. The summed E-state index contributed by atoms with van der Waals surface area (Å²) in [4.78, 5) is 12.4. The second-order valence-corrected chi connectivity index (χ2v) is 7.46. The Labute approximate surface area is 167 Å². The van der Waals surface area contributed by atoms with Crippen LogP contribution >= 0.6 is 0 Å². The van der Waals surface area contributed by atoms with Crippen molar-refractivity contribution in [1.29, 1.82) is 0 Å². The Morgan fingerprint density at radius 2 is 1.76 bits per heavy atom. The normalized spacial score (nSPS) is 11.2. The summed E-state index contributed by atoms with van der Waals surface area (Å²) in [5.41, 5.74) is 0.933. The van der Waals surface area contributed by atoms with E-state index in [9.17, 15) is 13.6 Å². The van der Waals surface area contributed by atoms with Crippen LogP contribution in [0.1, 0.15) is 26.5 Å². The lowest BCUT2D eigenvalue weighted by molar-refractivity contribution is 0.262. The van der Waals surface area contributed by atoms with Crippen LogP contribution in [0.5, 0.6) is 5.75 Å². The van der Waals surface area contributed by atoms with Gasteiger partial charge in [0.05, 0.1) is 24.2 Å². The number of carbonyl (C=O) groups excluding carboxylic acids is 1. The molecule has 0 aliphatic carbocycles. The molecule has 6 nitrogen and oxygen atoms in total. The highest BCUT2D eigenvalue weighted by molar-refractivity contribution is 5.99. The van der Waals surface area contributed by atoms with E-state index in [4.69, 9.17) is 4.74 Å². The predicted molar refractivity (Wildman–Crippen MR) is 108 cm³/mol. The predicted octanol–water partition coefficient (Wildman–Crippen LogP) is 5.10. The van der Waals surface area contributed by atoms with E-state index in [1.807, 2.05) is 20.8 Å². The minimum absolute atomic E-state index is 0.256. The molecular weight excluding hydrogens is 378 g/mol. The van der Waals surface area contributed by atoms with Gasteiger partial charge in [-0.15, -0.1) is 0 Å². The van der Waals surface area contributed by atoms with Gasteiger partial charge in [0.1, 0.15) is 11.6 Å². The minimum atomic E-state index is -1.12. The van der Waals surface area contributed by atoms with Crippen LogP contribution in [0.4, 0.5) is 25.1 Å². The number of anilines is 2. The molecule has 0 atom stereocenters. The Kier molecular flexibility index (Phi) is 5.54. The molecule has 2 aromatic carbocycles. The van der Waals surface area contributed by atoms with Crippen molar-refractivity contribution in [3.05, 3.63) is 65.9 Å². The topological polar surface area (TPSA) is 68.2 Å². The fourth-order valence-corrected chi connectivity index (χ4v) is 2.63. The Hall–Kier alpha value is -3.42. The maximum absolute atomic E-state index is 13.8. The number of nitrogens with one attached hydrogen (secondary N) is 2. The average molecular weight is 400 g/mol. The zero-order valence-electron chi connectivity index (χ0n) is 16.6. The smallest absolute Gasteiger partial charge is 0.324 e. The largest absolute Gasteiger partial charge is 0.497 e. The van der Waals surface area contributed by atoms with Crippen molar-refractivity contribution in [2.45, 2.75) is 26.2 Å². The standard InChI is InChI=1S/C21H22F2N4O2/c1-21(2,3)17-12-18(27(26-17)13-8-10-14(29-4)11-9-13)25-20(28)24-16-7-5-6-15(22)19(16)23/h5-12H,1-4H3,(H2,24,25,28). The summed E-state index contributed by atoms with van der Waals surface area (Å²) in [6.45, 7) is 6.00. The van der Waals surface area contributed by atoms with E-state index in [0.717, 1.165) is 11.8 Å². The lowest BCUT2D eigenvalue weighted by atomic mass is 9.92. The summed E-state index contributed by atoms with van der Waals surface area (Å²) in [7, 11) is 1.57. The number of rotatable bonds is 4. The molecule has 8 heteroatoms. The number of ether oxygens (including phenoxy) is 1. The Morgan fingerprint density at radius 3 is 2.38 bits per heavy atom. The number of hydrogen-bond acceptors (Lipinski definition) is 3.